The molecule has 2 nitrogen and oxygen atoms in total. The molecule has 1 saturated carbocycles. The molecule has 2 heteroatoms. The fourth-order valence-corrected chi connectivity index (χ4v) is 2.16. The lowest BCUT2D eigenvalue weighted by Crippen LogP contribution is -2.60. The average Bonchev–Trinajstić information content (AvgIpc) is 1.87. The molecule has 0 aromatic rings. The molecule has 0 aromatic carbocycles. The van der Waals surface area contributed by atoms with E-state index in [4.69, 9.17) is 5.73 Å². The van der Waals surface area contributed by atoms with Gasteiger partial charge in [-0.1, -0.05) is 0 Å². The van der Waals surface area contributed by atoms with Crippen LogP contribution in [0.15, 0.2) is 0 Å². The van der Waals surface area contributed by atoms with E-state index in [-0.39, 0.29) is 0 Å². The Morgan fingerprint density at radius 3 is 2.22 bits per heavy atom. The molecule has 1 aliphatic carbocycles. The summed E-state index contributed by atoms with van der Waals surface area (Å²) in [6.07, 6.45) is 1.39. The van der Waals surface area contributed by atoms with Crippen LogP contribution in [-0.2, 0) is 0 Å². The van der Waals surface area contributed by atoms with Gasteiger partial charge in [-0.15, -0.1) is 0 Å². The van der Waals surface area contributed by atoms with Crippen molar-refractivity contribution in [1.82, 2.24) is 4.90 Å². The Morgan fingerprint density at radius 1 is 1.33 bits per heavy atom. The standard InChI is InChI=1S/C7H14N2/c1-9-3-5-2-6(4-9)7(5)8/h5-7H,2-4,8H2,1H3/t5-,6+,7-. The van der Waals surface area contributed by atoms with E-state index in [9.17, 15) is 0 Å². The molecule has 2 heterocycles. The van der Waals surface area contributed by atoms with Gasteiger partial charge in [-0.05, 0) is 25.3 Å². The van der Waals surface area contributed by atoms with Gasteiger partial charge in [0, 0.05) is 19.1 Å². The number of rotatable bonds is 0. The van der Waals surface area contributed by atoms with Crippen LogP contribution < -0.4 is 5.73 Å². The summed E-state index contributed by atoms with van der Waals surface area (Å²) in [5, 5.41) is 0. The summed E-state index contributed by atoms with van der Waals surface area (Å²) in [6.45, 7) is 2.47. The van der Waals surface area contributed by atoms with E-state index in [1.54, 1.807) is 0 Å². The molecule has 0 unspecified atom stereocenters. The molecule has 3 rings (SSSR count). The van der Waals surface area contributed by atoms with Crippen molar-refractivity contribution in [3.63, 3.8) is 0 Å². The molecule has 9 heavy (non-hydrogen) atoms. The van der Waals surface area contributed by atoms with Crippen LogP contribution in [0.5, 0.6) is 0 Å². The fraction of sp³-hybridized carbons (Fsp3) is 1.00. The summed E-state index contributed by atoms with van der Waals surface area (Å²) in [5.41, 5.74) is 5.86. The van der Waals surface area contributed by atoms with Crippen molar-refractivity contribution < 1.29 is 0 Å². The summed E-state index contributed by atoms with van der Waals surface area (Å²) >= 11 is 0. The highest BCUT2D eigenvalue weighted by Gasteiger charge is 2.43. The van der Waals surface area contributed by atoms with E-state index in [1.807, 2.05) is 0 Å². The maximum Gasteiger partial charge on any atom is 0.0120 e. The second-order valence-electron chi connectivity index (χ2n) is 3.55. The fourth-order valence-electron chi connectivity index (χ4n) is 2.16. The summed E-state index contributed by atoms with van der Waals surface area (Å²) < 4.78 is 0. The number of nitrogens with two attached hydrogens (primary N) is 1. The summed E-state index contributed by atoms with van der Waals surface area (Å²) in [7, 11) is 2.19. The van der Waals surface area contributed by atoms with Gasteiger partial charge in [-0.25, -0.2) is 0 Å². The highest BCUT2D eigenvalue weighted by Crippen LogP contribution is 2.37. The Labute approximate surface area is 56.0 Å². The first-order valence-corrected chi connectivity index (χ1v) is 3.71. The normalized spacial score (nSPS) is 50.7. The molecule has 0 aromatic heterocycles. The van der Waals surface area contributed by atoms with Gasteiger partial charge in [-0.2, -0.15) is 0 Å². The lowest BCUT2D eigenvalue weighted by Gasteiger charge is -2.51. The molecule has 2 aliphatic heterocycles. The van der Waals surface area contributed by atoms with E-state index in [0.29, 0.717) is 6.04 Å². The van der Waals surface area contributed by atoms with Gasteiger partial charge < -0.3 is 10.6 Å². The number of piperidine rings is 2. The first kappa shape index (κ1) is 5.69. The van der Waals surface area contributed by atoms with Crippen LogP contribution in [0.2, 0.25) is 0 Å². The van der Waals surface area contributed by atoms with E-state index >= 15 is 0 Å². The summed E-state index contributed by atoms with van der Waals surface area (Å²) in [4.78, 5) is 2.39. The second-order valence-corrected chi connectivity index (χ2v) is 3.55. The quantitative estimate of drug-likeness (QED) is 0.491. The van der Waals surface area contributed by atoms with Gasteiger partial charge in [0.25, 0.3) is 0 Å². The topological polar surface area (TPSA) is 29.3 Å². The first-order chi connectivity index (χ1) is 4.27. The van der Waals surface area contributed by atoms with Crippen LogP contribution in [0, 0.1) is 11.8 Å². The Hall–Kier alpha value is -0.0800. The zero-order valence-corrected chi connectivity index (χ0v) is 5.88. The van der Waals surface area contributed by atoms with Crippen LogP contribution in [0.1, 0.15) is 6.42 Å². The summed E-state index contributed by atoms with van der Waals surface area (Å²) in [6, 6.07) is 0.543. The predicted molar refractivity (Wildman–Crippen MR) is 37.1 cm³/mol. The predicted octanol–water partition coefficient (Wildman–Crippen LogP) is -0.105. The zero-order chi connectivity index (χ0) is 6.43. The van der Waals surface area contributed by atoms with Gasteiger partial charge in [0.15, 0.2) is 0 Å². The Morgan fingerprint density at radius 2 is 1.89 bits per heavy atom. The smallest absolute Gasteiger partial charge is 0.0120 e. The SMILES string of the molecule is CN1C[C@H]2C[C@@H](C1)[C@@H]2N. The van der Waals surface area contributed by atoms with Crippen LogP contribution in [-0.4, -0.2) is 31.1 Å². The van der Waals surface area contributed by atoms with Crippen molar-refractivity contribution in [2.75, 3.05) is 20.1 Å². The van der Waals surface area contributed by atoms with Crippen LogP contribution in [0.4, 0.5) is 0 Å². The van der Waals surface area contributed by atoms with Crippen molar-refractivity contribution in [3.05, 3.63) is 0 Å². The minimum atomic E-state index is 0.543. The van der Waals surface area contributed by atoms with E-state index in [0.717, 1.165) is 11.8 Å². The Bertz CT molecular complexity index is 112. The molecule has 0 spiro atoms. The van der Waals surface area contributed by atoms with Gasteiger partial charge in [0.2, 0.25) is 0 Å². The van der Waals surface area contributed by atoms with Gasteiger partial charge in [-0.3, -0.25) is 0 Å². The first-order valence-electron chi connectivity index (χ1n) is 3.71. The van der Waals surface area contributed by atoms with Crippen molar-refractivity contribution >= 4 is 0 Å². The molecule has 2 saturated heterocycles. The second kappa shape index (κ2) is 1.70. The lowest BCUT2D eigenvalue weighted by atomic mass is 9.67. The highest BCUT2D eigenvalue weighted by molar-refractivity contribution is 4.98. The molecule has 3 aliphatic rings. The van der Waals surface area contributed by atoms with Crippen molar-refractivity contribution in [2.45, 2.75) is 12.5 Å². The molecule has 3 fully saturated rings. The molecular formula is C7H14N2. The van der Waals surface area contributed by atoms with Crippen LogP contribution in [0.3, 0.4) is 0 Å². The largest absolute Gasteiger partial charge is 0.327 e. The molecule has 2 N–H and O–H groups in total. The number of hydrogen-bond donors (Lipinski definition) is 1. The lowest BCUT2D eigenvalue weighted by molar-refractivity contribution is 0.0171. The third-order valence-corrected chi connectivity index (χ3v) is 2.79. The third-order valence-electron chi connectivity index (χ3n) is 2.79. The minimum absolute atomic E-state index is 0.543. The summed E-state index contributed by atoms with van der Waals surface area (Å²) in [5.74, 6) is 1.66. The molecule has 2 bridgehead atoms. The van der Waals surface area contributed by atoms with E-state index in [1.165, 1.54) is 19.5 Å². The van der Waals surface area contributed by atoms with Crippen molar-refractivity contribution in [3.8, 4) is 0 Å². The van der Waals surface area contributed by atoms with Gasteiger partial charge in [0.1, 0.15) is 0 Å². The number of nitrogens with zero attached hydrogens (tertiary/aromatic N) is 1. The number of hydrogen-bond acceptors (Lipinski definition) is 2. The Kier molecular flexibility index (Phi) is 1.08. The van der Waals surface area contributed by atoms with E-state index in [2.05, 4.69) is 11.9 Å². The Balaban J connectivity index is 2.01. The van der Waals surface area contributed by atoms with Gasteiger partial charge in [0.05, 0.1) is 0 Å². The highest BCUT2D eigenvalue weighted by atomic mass is 15.1. The van der Waals surface area contributed by atoms with Gasteiger partial charge >= 0.3 is 0 Å². The average molecular weight is 126 g/mol. The van der Waals surface area contributed by atoms with Crippen molar-refractivity contribution in [1.29, 1.82) is 0 Å². The third kappa shape index (κ3) is 0.700. The number of fused-ring (bicyclic) bond motifs is 2. The van der Waals surface area contributed by atoms with E-state index < -0.39 is 0 Å². The maximum absolute atomic E-state index is 5.86. The van der Waals surface area contributed by atoms with Crippen LogP contribution in [0.25, 0.3) is 0 Å². The molecule has 52 valence electrons. The monoisotopic (exact) mass is 126 g/mol. The van der Waals surface area contributed by atoms with Crippen LogP contribution >= 0.6 is 0 Å². The molecular weight excluding hydrogens is 112 g/mol. The zero-order valence-electron chi connectivity index (χ0n) is 5.88. The van der Waals surface area contributed by atoms with Crippen molar-refractivity contribution in [2.24, 2.45) is 17.6 Å². The molecule has 0 amide bonds. The maximum atomic E-state index is 5.86. The minimum Gasteiger partial charge on any atom is -0.327 e. The molecule has 3 atom stereocenters. The molecule has 0 radical (unpaired) electrons.